The number of benzene rings is 2. The van der Waals surface area contributed by atoms with Crippen LogP contribution >= 0.6 is 0 Å². The average Bonchev–Trinajstić information content (AvgIpc) is 2.85. The summed E-state index contributed by atoms with van der Waals surface area (Å²) in [4.78, 5) is 14.0. The summed E-state index contributed by atoms with van der Waals surface area (Å²) in [6, 6.07) is 8.23. The number of nitrogens with zero attached hydrogens (tertiary/aromatic N) is 1. The van der Waals surface area contributed by atoms with E-state index in [0.29, 0.717) is 11.5 Å². The maximum atomic E-state index is 13.3. The van der Waals surface area contributed by atoms with E-state index in [9.17, 15) is 18.7 Å². The molecule has 1 unspecified atom stereocenters. The Morgan fingerprint density at radius 2 is 2.08 bits per heavy atom. The molecule has 1 aliphatic rings. The third-order valence-corrected chi connectivity index (χ3v) is 4.05. The van der Waals surface area contributed by atoms with E-state index in [-0.39, 0.29) is 25.3 Å². The minimum Gasteiger partial charge on any atom is -0.493 e. The van der Waals surface area contributed by atoms with Crippen LogP contribution in [-0.4, -0.2) is 36.2 Å². The van der Waals surface area contributed by atoms with Gasteiger partial charge >= 0.3 is 0 Å². The van der Waals surface area contributed by atoms with Gasteiger partial charge in [-0.05, 0) is 23.8 Å². The zero-order chi connectivity index (χ0) is 18.0. The molecule has 132 valence electrons. The van der Waals surface area contributed by atoms with Crippen LogP contribution < -0.4 is 9.47 Å². The number of carbonyl (C=O) groups is 1. The number of halogens is 2. The van der Waals surface area contributed by atoms with Gasteiger partial charge in [0.25, 0.3) is 5.91 Å². The predicted molar refractivity (Wildman–Crippen MR) is 85.2 cm³/mol. The van der Waals surface area contributed by atoms with Crippen molar-refractivity contribution >= 4 is 5.91 Å². The monoisotopic (exact) mass is 349 g/mol. The lowest BCUT2D eigenvalue weighted by atomic mass is 10.1. The summed E-state index contributed by atoms with van der Waals surface area (Å²) in [5.41, 5.74) is 0.739. The molecule has 0 spiro atoms. The van der Waals surface area contributed by atoms with Crippen molar-refractivity contribution in [3.63, 3.8) is 0 Å². The molecule has 2 aromatic carbocycles. The summed E-state index contributed by atoms with van der Waals surface area (Å²) in [5, 5.41) is 10.3. The molecular formula is C18H17F2NO4. The molecule has 1 atom stereocenters. The number of para-hydroxylation sites is 1. The molecule has 5 nitrogen and oxygen atoms in total. The molecule has 0 radical (unpaired) electrons. The van der Waals surface area contributed by atoms with E-state index < -0.39 is 23.6 Å². The third-order valence-electron chi connectivity index (χ3n) is 4.05. The second kappa shape index (κ2) is 7.06. The van der Waals surface area contributed by atoms with Gasteiger partial charge in [0.05, 0.1) is 13.7 Å². The molecule has 1 heterocycles. The molecule has 1 N–H and O–H groups in total. The average molecular weight is 349 g/mol. The summed E-state index contributed by atoms with van der Waals surface area (Å²) >= 11 is 0. The lowest BCUT2D eigenvalue weighted by Gasteiger charge is -2.23. The van der Waals surface area contributed by atoms with Crippen molar-refractivity contribution in [2.24, 2.45) is 0 Å². The molecule has 0 saturated carbocycles. The SMILES string of the molecule is COc1cccc2c1OCCN(C(=O)C(O)c1ccc(F)c(F)c1)C2. The molecule has 0 fully saturated rings. The van der Waals surface area contributed by atoms with Crippen LogP contribution in [0.15, 0.2) is 36.4 Å². The highest BCUT2D eigenvalue weighted by Gasteiger charge is 2.28. The fourth-order valence-electron chi connectivity index (χ4n) is 2.74. The van der Waals surface area contributed by atoms with Crippen LogP contribution in [0.1, 0.15) is 17.2 Å². The van der Waals surface area contributed by atoms with E-state index in [1.165, 1.54) is 18.1 Å². The van der Waals surface area contributed by atoms with Crippen LogP contribution in [0.2, 0.25) is 0 Å². The molecule has 7 heteroatoms. The van der Waals surface area contributed by atoms with Gasteiger partial charge in [-0.1, -0.05) is 18.2 Å². The molecule has 25 heavy (non-hydrogen) atoms. The van der Waals surface area contributed by atoms with Crippen LogP contribution in [0.5, 0.6) is 11.5 Å². The van der Waals surface area contributed by atoms with Crippen molar-refractivity contribution in [1.82, 2.24) is 4.90 Å². The number of aliphatic hydroxyl groups excluding tert-OH is 1. The third kappa shape index (κ3) is 3.41. The Morgan fingerprint density at radius 1 is 1.28 bits per heavy atom. The van der Waals surface area contributed by atoms with Crippen molar-refractivity contribution in [1.29, 1.82) is 0 Å². The Hall–Kier alpha value is -2.67. The van der Waals surface area contributed by atoms with Gasteiger partial charge in [-0.15, -0.1) is 0 Å². The highest BCUT2D eigenvalue weighted by atomic mass is 19.2. The molecule has 1 amide bonds. The first-order chi connectivity index (χ1) is 12.0. The van der Waals surface area contributed by atoms with Gasteiger partial charge in [-0.3, -0.25) is 4.79 Å². The number of ether oxygens (including phenoxy) is 2. The number of hydrogen-bond acceptors (Lipinski definition) is 4. The van der Waals surface area contributed by atoms with Gasteiger partial charge < -0.3 is 19.5 Å². The number of rotatable bonds is 3. The molecule has 0 aliphatic carbocycles. The van der Waals surface area contributed by atoms with Crippen LogP contribution in [0.4, 0.5) is 8.78 Å². The second-order valence-corrected chi connectivity index (χ2v) is 5.63. The molecule has 3 rings (SSSR count). The van der Waals surface area contributed by atoms with Crippen molar-refractivity contribution in [2.45, 2.75) is 12.6 Å². The van der Waals surface area contributed by atoms with Crippen molar-refractivity contribution < 1.29 is 28.2 Å². The summed E-state index contributed by atoms with van der Waals surface area (Å²) < 4.78 is 37.3. The topological polar surface area (TPSA) is 59.0 Å². The van der Waals surface area contributed by atoms with Gasteiger partial charge in [0.15, 0.2) is 29.2 Å². The lowest BCUT2D eigenvalue weighted by Crippen LogP contribution is -2.36. The maximum absolute atomic E-state index is 13.3. The Bertz CT molecular complexity index is 797. The van der Waals surface area contributed by atoms with E-state index in [4.69, 9.17) is 9.47 Å². The lowest BCUT2D eigenvalue weighted by molar-refractivity contribution is -0.141. The molecule has 0 aromatic heterocycles. The predicted octanol–water partition coefficient (Wildman–Crippen LogP) is 2.43. The Labute approximate surface area is 143 Å². The van der Waals surface area contributed by atoms with E-state index in [2.05, 4.69) is 0 Å². The largest absolute Gasteiger partial charge is 0.493 e. The fraction of sp³-hybridized carbons (Fsp3) is 0.278. The van der Waals surface area contributed by atoms with E-state index in [1.807, 2.05) is 0 Å². The van der Waals surface area contributed by atoms with E-state index in [0.717, 1.165) is 17.7 Å². The van der Waals surface area contributed by atoms with Crippen LogP contribution in [0, 0.1) is 11.6 Å². The molecule has 0 bridgehead atoms. The van der Waals surface area contributed by atoms with Crippen LogP contribution in [-0.2, 0) is 11.3 Å². The first kappa shape index (κ1) is 17.2. The minimum absolute atomic E-state index is 0.0000639. The van der Waals surface area contributed by atoms with Gasteiger partial charge in [-0.25, -0.2) is 8.78 Å². The number of carbonyl (C=O) groups excluding carboxylic acids is 1. The standard InChI is InChI=1S/C18H17F2NO4/c1-24-15-4-2-3-12-10-21(7-8-25-17(12)15)18(23)16(22)11-5-6-13(19)14(20)9-11/h2-6,9,16,22H,7-8,10H2,1H3. The minimum atomic E-state index is -1.58. The first-order valence-electron chi connectivity index (χ1n) is 7.71. The highest BCUT2D eigenvalue weighted by Crippen LogP contribution is 2.34. The number of amides is 1. The quantitative estimate of drug-likeness (QED) is 0.925. The van der Waals surface area contributed by atoms with Gasteiger partial charge in [-0.2, -0.15) is 0 Å². The first-order valence-corrected chi connectivity index (χ1v) is 7.71. The summed E-state index contributed by atoms with van der Waals surface area (Å²) in [6.45, 7) is 0.688. The van der Waals surface area contributed by atoms with Gasteiger partial charge in [0.1, 0.15) is 6.61 Å². The molecule has 1 aliphatic heterocycles. The second-order valence-electron chi connectivity index (χ2n) is 5.63. The number of fused-ring (bicyclic) bond motifs is 1. The Morgan fingerprint density at radius 3 is 2.80 bits per heavy atom. The number of hydrogen-bond donors (Lipinski definition) is 1. The summed E-state index contributed by atoms with van der Waals surface area (Å²) in [7, 11) is 1.53. The Kier molecular flexibility index (Phi) is 4.85. The number of methoxy groups -OCH3 is 1. The van der Waals surface area contributed by atoms with Crippen LogP contribution in [0.25, 0.3) is 0 Å². The Balaban J connectivity index is 1.83. The van der Waals surface area contributed by atoms with E-state index >= 15 is 0 Å². The number of aliphatic hydroxyl groups is 1. The maximum Gasteiger partial charge on any atom is 0.256 e. The van der Waals surface area contributed by atoms with Crippen molar-refractivity contribution in [2.75, 3.05) is 20.3 Å². The highest BCUT2D eigenvalue weighted by molar-refractivity contribution is 5.82. The normalized spacial score (nSPS) is 15.0. The van der Waals surface area contributed by atoms with Crippen LogP contribution in [0.3, 0.4) is 0 Å². The molecule has 2 aromatic rings. The zero-order valence-electron chi connectivity index (χ0n) is 13.5. The van der Waals surface area contributed by atoms with Crippen molar-refractivity contribution in [3.8, 4) is 11.5 Å². The summed E-state index contributed by atoms with van der Waals surface area (Å²) in [6.07, 6.45) is -1.58. The zero-order valence-corrected chi connectivity index (χ0v) is 13.5. The molecular weight excluding hydrogens is 332 g/mol. The van der Waals surface area contributed by atoms with E-state index in [1.54, 1.807) is 18.2 Å². The smallest absolute Gasteiger partial charge is 0.256 e. The molecule has 0 saturated heterocycles. The fourth-order valence-corrected chi connectivity index (χ4v) is 2.74. The summed E-state index contributed by atoms with van der Waals surface area (Å²) in [5.74, 6) is -1.63. The van der Waals surface area contributed by atoms with Gasteiger partial charge in [0, 0.05) is 12.1 Å². The van der Waals surface area contributed by atoms with Crippen molar-refractivity contribution in [3.05, 3.63) is 59.2 Å². The van der Waals surface area contributed by atoms with Gasteiger partial charge in [0.2, 0.25) is 0 Å².